The molecule has 0 aromatic heterocycles. The van der Waals surface area contributed by atoms with E-state index in [9.17, 15) is 9.59 Å². The van der Waals surface area contributed by atoms with Crippen LogP contribution in [0.5, 0.6) is 0 Å². The van der Waals surface area contributed by atoms with Gasteiger partial charge in [0, 0.05) is 37.4 Å². The largest absolute Gasteiger partial charge is 0.480 e. The lowest BCUT2D eigenvalue weighted by Gasteiger charge is -2.34. The first-order valence-electron chi connectivity index (χ1n) is 9.69. The number of nitrogens with zero attached hydrogens (tertiary/aromatic N) is 2. The number of hydrogen-bond acceptors (Lipinski definition) is 5. The molecule has 3 rings (SSSR count). The molecule has 1 aliphatic rings. The Balaban J connectivity index is 1.51. The molecule has 1 amide bonds. The normalized spacial score (nSPS) is 17.2. The van der Waals surface area contributed by atoms with Crippen molar-refractivity contribution in [2.45, 2.75) is 12.6 Å². The van der Waals surface area contributed by atoms with Crippen molar-refractivity contribution in [2.24, 2.45) is 0 Å². The Labute approximate surface area is 170 Å². The van der Waals surface area contributed by atoms with Crippen molar-refractivity contribution in [3.63, 3.8) is 0 Å². The fourth-order valence-corrected chi connectivity index (χ4v) is 3.42. The number of rotatable bonds is 8. The quantitative estimate of drug-likeness (QED) is 0.710. The van der Waals surface area contributed by atoms with E-state index in [4.69, 9.17) is 9.84 Å². The minimum Gasteiger partial charge on any atom is -0.480 e. The molecule has 1 aliphatic heterocycles. The third-order valence-electron chi connectivity index (χ3n) is 4.80. The number of aliphatic carboxylic acids is 1. The molecule has 0 spiro atoms. The molecule has 1 atom stereocenters. The van der Waals surface area contributed by atoms with Crippen LogP contribution < -0.4 is 5.32 Å². The van der Waals surface area contributed by atoms with Crippen LogP contribution in [0.2, 0.25) is 0 Å². The van der Waals surface area contributed by atoms with Gasteiger partial charge in [-0.3, -0.25) is 19.4 Å². The molecule has 0 radical (unpaired) electrons. The second kappa shape index (κ2) is 10.2. The van der Waals surface area contributed by atoms with E-state index in [1.54, 1.807) is 11.9 Å². The Bertz CT molecular complexity index is 811. The van der Waals surface area contributed by atoms with Crippen LogP contribution in [0.4, 0.5) is 5.69 Å². The molecule has 29 heavy (non-hydrogen) atoms. The van der Waals surface area contributed by atoms with Gasteiger partial charge in [0.25, 0.3) is 5.91 Å². The first kappa shape index (κ1) is 21.0. The fraction of sp³-hybridized carbons (Fsp3) is 0.364. The lowest BCUT2D eigenvalue weighted by molar-refractivity contribution is -0.138. The first-order chi connectivity index (χ1) is 14.0. The van der Waals surface area contributed by atoms with Gasteiger partial charge in [-0.15, -0.1) is 0 Å². The van der Waals surface area contributed by atoms with Gasteiger partial charge in [-0.05, 0) is 36.9 Å². The number of carboxylic acids is 1. The van der Waals surface area contributed by atoms with Crippen molar-refractivity contribution >= 4 is 17.6 Å². The number of morpholine rings is 1. The van der Waals surface area contributed by atoms with Crippen LogP contribution in [0.3, 0.4) is 0 Å². The Morgan fingerprint density at radius 1 is 1.17 bits per heavy atom. The minimum atomic E-state index is -0.837. The Hall–Kier alpha value is -2.74. The molecule has 1 saturated heterocycles. The number of hydrogen-bond donors (Lipinski definition) is 2. The maximum absolute atomic E-state index is 12.4. The molecule has 2 N–H and O–H groups in total. The summed E-state index contributed by atoms with van der Waals surface area (Å²) < 4.78 is 5.78. The molecular weight excluding hydrogens is 370 g/mol. The van der Waals surface area contributed by atoms with E-state index in [-0.39, 0.29) is 18.6 Å². The molecule has 2 aromatic carbocycles. The van der Waals surface area contributed by atoms with Crippen LogP contribution in [-0.2, 0) is 16.1 Å². The zero-order chi connectivity index (χ0) is 20.6. The van der Waals surface area contributed by atoms with Gasteiger partial charge < -0.3 is 15.2 Å². The molecule has 0 saturated carbocycles. The van der Waals surface area contributed by atoms with E-state index in [0.29, 0.717) is 18.7 Å². The van der Waals surface area contributed by atoms with Gasteiger partial charge in [-0.25, -0.2) is 0 Å². The summed E-state index contributed by atoms with van der Waals surface area (Å²) in [7, 11) is 1.79. The fourth-order valence-electron chi connectivity index (χ4n) is 3.42. The number of carbonyl (C=O) groups excluding carboxylic acids is 1. The standard InChI is InChI=1S/C22H27N3O4/c1-24(16-21(26)27)14-20-15-25(11-12-29-20)13-17-7-9-18(10-8-17)22(28)23-19-5-3-2-4-6-19/h2-10,20H,11-16H2,1H3,(H,23,28)(H,26,27). The van der Waals surface area contributed by atoms with Gasteiger partial charge in [-0.2, -0.15) is 0 Å². The first-order valence-corrected chi connectivity index (χ1v) is 9.69. The van der Waals surface area contributed by atoms with Crippen molar-refractivity contribution in [3.05, 3.63) is 65.7 Å². The number of nitrogens with one attached hydrogen (secondary N) is 1. The Morgan fingerprint density at radius 3 is 2.59 bits per heavy atom. The van der Waals surface area contributed by atoms with Gasteiger partial charge in [0.1, 0.15) is 0 Å². The van der Waals surface area contributed by atoms with Gasteiger partial charge in [0.15, 0.2) is 0 Å². The SMILES string of the molecule is CN(CC(=O)O)CC1CN(Cc2ccc(C(=O)Nc3ccccc3)cc2)CCO1. The summed E-state index contributed by atoms with van der Waals surface area (Å²) in [6.45, 7) is 3.57. The number of ether oxygens (including phenoxy) is 1. The van der Waals surface area contributed by atoms with Crippen LogP contribution in [0, 0.1) is 0 Å². The summed E-state index contributed by atoms with van der Waals surface area (Å²) in [5, 5.41) is 11.8. The van der Waals surface area contributed by atoms with Gasteiger partial charge in [-0.1, -0.05) is 30.3 Å². The molecule has 0 bridgehead atoms. The summed E-state index contributed by atoms with van der Waals surface area (Å²) >= 11 is 0. The molecule has 7 nitrogen and oxygen atoms in total. The molecule has 7 heteroatoms. The Kier molecular flexibility index (Phi) is 7.35. The number of likely N-dealkylation sites (N-methyl/N-ethyl adjacent to an activating group) is 1. The number of para-hydroxylation sites is 1. The van der Waals surface area contributed by atoms with E-state index < -0.39 is 5.97 Å². The predicted octanol–water partition coefficient (Wildman–Crippen LogP) is 2.16. The average Bonchev–Trinajstić information content (AvgIpc) is 2.69. The van der Waals surface area contributed by atoms with E-state index in [2.05, 4.69) is 10.2 Å². The van der Waals surface area contributed by atoms with Crippen molar-refractivity contribution < 1.29 is 19.4 Å². The highest BCUT2D eigenvalue weighted by molar-refractivity contribution is 6.04. The lowest BCUT2D eigenvalue weighted by Crippen LogP contribution is -2.47. The number of carbonyl (C=O) groups is 2. The van der Waals surface area contributed by atoms with Crippen LogP contribution in [0.25, 0.3) is 0 Å². The summed E-state index contributed by atoms with van der Waals surface area (Å²) in [4.78, 5) is 27.2. The maximum Gasteiger partial charge on any atom is 0.317 e. The third-order valence-corrected chi connectivity index (χ3v) is 4.80. The average molecular weight is 397 g/mol. The summed E-state index contributed by atoms with van der Waals surface area (Å²) in [6, 6.07) is 17.0. The Morgan fingerprint density at radius 2 is 1.90 bits per heavy atom. The number of carboxylic acid groups (broad SMARTS) is 1. The number of anilines is 1. The van der Waals surface area contributed by atoms with E-state index >= 15 is 0 Å². The van der Waals surface area contributed by atoms with E-state index in [1.165, 1.54) is 0 Å². The minimum absolute atomic E-state index is 0.00632. The van der Waals surface area contributed by atoms with Crippen LogP contribution in [0.1, 0.15) is 15.9 Å². The summed E-state index contributed by atoms with van der Waals surface area (Å²) in [5.74, 6) is -0.966. The molecular formula is C22H27N3O4. The van der Waals surface area contributed by atoms with Gasteiger partial charge >= 0.3 is 5.97 Å². The second-order valence-electron chi connectivity index (χ2n) is 7.34. The van der Waals surface area contributed by atoms with E-state index in [1.807, 2.05) is 54.6 Å². The maximum atomic E-state index is 12.4. The summed E-state index contributed by atoms with van der Waals surface area (Å²) in [6.07, 6.45) is -0.0102. The zero-order valence-electron chi connectivity index (χ0n) is 16.6. The lowest BCUT2D eigenvalue weighted by atomic mass is 10.1. The monoisotopic (exact) mass is 397 g/mol. The van der Waals surface area contributed by atoms with Crippen molar-refractivity contribution in [3.8, 4) is 0 Å². The molecule has 1 unspecified atom stereocenters. The van der Waals surface area contributed by atoms with E-state index in [0.717, 1.165) is 30.9 Å². The highest BCUT2D eigenvalue weighted by atomic mass is 16.5. The topological polar surface area (TPSA) is 82.1 Å². The number of benzene rings is 2. The van der Waals surface area contributed by atoms with Crippen molar-refractivity contribution in [2.75, 3.05) is 45.2 Å². The predicted molar refractivity (Wildman–Crippen MR) is 111 cm³/mol. The smallest absolute Gasteiger partial charge is 0.317 e. The molecule has 1 fully saturated rings. The highest BCUT2D eigenvalue weighted by Crippen LogP contribution is 2.14. The number of amides is 1. The van der Waals surface area contributed by atoms with Crippen LogP contribution >= 0.6 is 0 Å². The van der Waals surface area contributed by atoms with Gasteiger partial charge in [0.2, 0.25) is 0 Å². The van der Waals surface area contributed by atoms with Crippen molar-refractivity contribution in [1.29, 1.82) is 0 Å². The van der Waals surface area contributed by atoms with Crippen LogP contribution in [-0.4, -0.2) is 72.7 Å². The zero-order valence-corrected chi connectivity index (χ0v) is 16.6. The highest BCUT2D eigenvalue weighted by Gasteiger charge is 2.22. The third kappa shape index (κ3) is 6.67. The molecule has 154 valence electrons. The second-order valence-corrected chi connectivity index (χ2v) is 7.34. The molecule has 0 aliphatic carbocycles. The van der Waals surface area contributed by atoms with Gasteiger partial charge in [0.05, 0.1) is 19.3 Å². The van der Waals surface area contributed by atoms with Crippen LogP contribution in [0.15, 0.2) is 54.6 Å². The summed E-state index contributed by atoms with van der Waals surface area (Å²) in [5.41, 5.74) is 2.52. The molecule has 2 aromatic rings. The molecule has 1 heterocycles. The van der Waals surface area contributed by atoms with Crippen molar-refractivity contribution in [1.82, 2.24) is 9.80 Å².